The number of sulfonamides is 1. The zero-order valence-corrected chi connectivity index (χ0v) is 12.0. The van der Waals surface area contributed by atoms with E-state index in [1.54, 1.807) is 0 Å². The molecule has 1 aromatic carbocycles. The van der Waals surface area contributed by atoms with E-state index in [0.717, 1.165) is 0 Å². The molecule has 1 N–H and O–H groups in total. The maximum atomic E-state index is 11.8. The zero-order valence-electron chi connectivity index (χ0n) is 10.4. The van der Waals surface area contributed by atoms with Gasteiger partial charge < -0.3 is 0 Å². The van der Waals surface area contributed by atoms with Crippen molar-refractivity contribution in [2.24, 2.45) is 0 Å². The molecule has 6 nitrogen and oxygen atoms in total. The molecular formula is C11H15ClN2O4S. The van der Waals surface area contributed by atoms with E-state index >= 15 is 0 Å². The van der Waals surface area contributed by atoms with Crippen LogP contribution < -0.4 is 4.72 Å². The van der Waals surface area contributed by atoms with Crippen LogP contribution in [0.25, 0.3) is 0 Å². The molecular weight excluding hydrogens is 292 g/mol. The lowest BCUT2D eigenvalue weighted by Gasteiger charge is -2.10. The fraction of sp³-hybridized carbons (Fsp3) is 0.455. The van der Waals surface area contributed by atoms with Gasteiger partial charge in [0, 0.05) is 11.9 Å². The van der Waals surface area contributed by atoms with Crippen molar-refractivity contribution in [3.8, 4) is 0 Å². The van der Waals surface area contributed by atoms with Gasteiger partial charge in [0.2, 0.25) is 10.0 Å². The maximum absolute atomic E-state index is 11.8. The van der Waals surface area contributed by atoms with Crippen molar-refractivity contribution in [2.75, 3.05) is 16.4 Å². The van der Waals surface area contributed by atoms with E-state index in [1.165, 1.54) is 25.1 Å². The van der Waals surface area contributed by atoms with Crippen molar-refractivity contribution in [1.29, 1.82) is 0 Å². The average molecular weight is 307 g/mol. The first-order chi connectivity index (χ1) is 8.87. The molecule has 0 atom stereocenters. The first-order valence-corrected chi connectivity index (χ1v) is 7.86. The molecule has 0 heterocycles. The summed E-state index contributed by atoms with van der Waals surface area (Å²) in [7, 11) is -3.50. The first kappa shape index (κ1) is 15.7. The number of hydrogen-bond donors (Lipinski definition) is 1. The van der Waals surface area contributed by atoms with Crippen LogP contribution in [0.1, 0.15) is 18.4 Å². The second-order valence-corrected chi connectivity index (χ2v) is 6.24. The Bertz CT molecular complexity index is 560. The van der Waals surface area contributed by atoms with Crippen LogP contribution in [0.4, 0.5) is 11.4 Å². The minimum Gasteiger partial charge on any atom is -0.283 e. The number of nitrogens with one attached hydrogen (secondary N) is 1. The van der Waals surface area contributed by atoms with Crippen LogP contribution in [0.3, 0.4) is 0 Å². The van der Waals surface area contributed by atoms with Crippen molar-refractivity contribution in [3.63, 3.8) is 0 Å². The number of unbranched alkanes of at least 4 members (excludes halogenated alkanes) is 1. The Morgan fingerprint density at radius 2 is 2.05 bits per heavy atom. The molecule has 0 aromatic heterocycles. The maximum Gasteiger partial charge on any atom is 0.274 e. The molecule has 0 spiro atoms. The van der Waals surface area contributed by atoms with Crippen molar-refractivity contribution in [3.05, 3.63) is 33.9 Å². The fourth-order valence-corrected chi connectivity index (χ4v) is 2.97. The van der Waals surface area contributed by atoms with Gasteiger partial charge in [-0.15, -0.1) is 11.6 Å². The molecule has 0 aliphatic heterocycles. The lowest BCUT2D eigenvalue weighted by atomic mass is 10.2. The summed E-state index contributed by atoms with van der Waals surface area (Å²) in [5.41, 5.74) is 0.425. The molecule has 0 saturated heterocycles. The number of hydrogen-bond acceptors (Lipinski definition) is 4. The van der Waals surface area contributed by atoms with E-state index in [1.807, 2.05) is 0 Å². The van der Waals surface area contributed by atoms with Gasteiger partial charge in [0.1, 0.15) is 0 Å². The molecule has 1 rings (SSSR count). The highest BCUT2D eigenvalue weighted by Crippen LogP contribution is 2.25. The summed E-state index contributed by atoms with van der Waals surface area (Å²) in [6, 6.07) is 4.28. The Morgan fingerprint density at radius 1 is 1.37 bits per heavy atom. The van der Waals surface area contributed by atoms with Crippen LogP contribution in [0.5, 0.6) is 0 Å². The molecule has 0 bridgehead atoms. The number of anilines is 1. The van der Waals surface area contributed by atoms with Crippen molar-refractivity contribution < 1.29 is 13.3 Å². The smallest absolute Gasteiger partial charge is 0.274 e. The van der Waals surface area contributed by atoms with Gasteiger partial charge in [0.25, 0.3) is 5.69 Å². The molecule has 0 aliphatic rings. The third-order valence-corrected chi connectivity index (χ3v) is 4.19. The fourth-order valence-electron chi connectivity index (χ4n) is 1.54. The van der Waals surface area contributed by atoms with Crippen LogP contribution in [0.2, 0.25) is 0 Å². The third-order valence-electron chi connectivity index (χ3n) is 2.56. The minimum absolute atomic E-state index is 0.0537. The number of benzene rings is 1. The van der Waals surface area contributed by atoms with Gasteiger partial charge in [-0.25, -0.2) is 8.42 Å². The van der Waals surface area contributed by atoms with Gasteiger partial charge in [-0.05, 0) is 25.8 Å². The molecule has 8 heteroatoms. The van der Waals surface area contributed by atoms with E-state index in [4.69, 9.17) is 11.6 Å². The van der Waals surface area contributed by atoms with Gasteiger partial charge in [0.05, 0.1) is 21.9 Å². The number of alkyl halides is 1. The van der Waals surface area contributed by atoms with E-state index in [9.17, 15) is 18.5 Å². The molecule has 1 aromatic rings. The predicted octanol–water partition coefficient (Wildman–Crippen LogP) is 2.66. The number of nitro groups is 1. The normalized spacial score (nSPS) is 11.3. The highest BCUT2D eigenvalue weighted by atomic mass is 35.5. The van der Waals surface area contributed by atoms with Crippen molar-refractivity contribution >= 4 is 33.0 Å². The molecule has 0 amide bonds. The molecule has 106 valence electrons. The van der Waals surface area contributed by atoms with E-state index < -0.39 is 14.9 Å². The average Bonchev–Trinajstić information content (AvgIpc) is 2.31. The second-order valence-electron chi connectivity index (χ2n) is 4.02. The molecule has 0 unspecified atom stereocenters. The Hall–Kier alpha value is -1.34. The Balaban J connectivity index is 2.88. The summed E-state index contributed by atoms with van der Waals surface area (Å²) in [6.07, 6.45) is 1.06. The van der Waals surface area contributed by atoms with Gasteiger partial charge in [-0.3, -0.25) is 14.8 Å². The summed E-state index contributed by atoms with van der Waals surface area (Å²) in [6.45, 7) is 1.51. The zero-order chi connectivity index (χ0) is 14.5. The van der Waals surface area contributed by atoms with Crippen molar-refractivity contribution in [2.45, 2.75) is 19.8 Å². The van der Waals surface area contributed by atoms with Gasteiger partial charge in [-0.1, -0.05) is 6.07 Å². The minimum atomic E-state index is -3.50. The number of nitrogens with zero attached hydrogens (tertiary/aromatic N) is 1. The highest BCUT2D eigenvalue weighted by Gasteiger charge is 2.17. The van der Waals surface area contributed by atoms with E-state index in [0.29, 0.717) is 24.3 Å². The summed E-state index contributed by atoms with van der Waals surface area (Å²) in [5, 5.41) is 10.8. The van der Waals surface area contributed by atoms with Crippen LogP contribution in [-0.2, 0) is 10.0 Å². The monoisotopic (exact) mass is 306 g/mol. The summed E-state index contributed by atoms with van der Waals surface area (Å²) >= 11 is 5.48. The quantitative estimate of drug-likeness (QED) is 0.363. The van der Waals surface area contributed by atoms with Crippen molar-refractivity contribution in [1.82, 2.24) is 0 Å². The molecule has 0 saturated carbocycles. The third kappa shape index (κ3) is 4.68. The predicted molar refractivity (Wildman–Crippen MR) is 75.2 cm³/mol. The molecule has 0 fully saturated rings. The Kier molecular flexibility index (Phi) is 5.56. The van der Waals surface area contributed by atoms with E-state index in [2.05, 4.69) is 4.72 Å². The topological polar surface area (TPSA) is 89.3 Å². The van der Waals surface area contributed by atoms with Crippen LogP contribution in [-0.4, -0.2) is 25.0 Å². The van der Waals surface area contributed by atoms with E-state index in [-0.39, 0.29) is 17.1 Å². The van der Waals surface area contributed by atoms with Crippen LogP contribution in [0.15, 0.2) is 18.2 Å². The first-order valence-electron chi connectivity index (χ1n) is 5.68. The Labute approximate surface area is 117 Å². The SMILES string of the molecule is Cc1c(NS(=O)(=O)CCCCCl)cccc1[N+](=O)[O-]. The lowest BCUT2D eigenvalue weighted by Crippen LogP contribution is -2.17. The molecule has 0 aliphatic carbocycles. The number of nitro benzene ring substituents is 1. The second kappa shape index (κ2) is 6.72. The van der Waals surface area contributed by atoms with Gasteiger partial charge >= 0.3 is 0 Å². The molecule has 0 radical (unpaired) electrons. The largest absolute Gasteiger partial charge is 0.283 e. The van der Waals surface area contributed by atoms with Crippen LogP contribution in [0, 0.1) is 17.0 Å². The standard InChI is InChI=1S/C11H15ClN2O4S/c1-9-10(5-4-6-11(9)14(15)16)13-19(17,18)8-3-2-7-12/h4-6,13H,2-3,7-8H2,1H3. The highest BCUT2D eigenvalue weighted by molar-refractivity contribution is 7.92. The summed E-state index contributed by atoms with van der Waals surface area (Å²) < 4.78 is 25.9. The summed E-state index contributed by atoms with van der Waals surface area (Å²) in [5.74, 6) is 0.354. The van der Waals surface area contributed by atoms with Gasteiger partial charge in [0.15, 0.2) is 0 Å². The van der Waals surface area contributed by atoms with Gasteiger partial charge in [-0.2, -0.15) is 0 Å². The summed E-state index contributed by atoms with van der Waals surface area (Å²) in [4.78, 5) is 10.2. The van der Waals surface area contributed by atoms with Crippen LogP contribution >= 0.6 is 11.6 Å². The Morgan fingerprint density at radius 3 is 2.63 bits per heavy atom. The lowest BCUT2D eigenvalue weighted by molar-refractivity contribution is -0.385. The number of rotatable bonds is 7. The molecule has 19 heavy (non-hydrogen) atoms. The number of halogens is 1.